The molecule has 7 nitrogen and oxygen atoms in total. The molecule has 3 aliphatic rings. The lowest BCUT2D eigenvalue weighted by atomic mass is 9.71. The van der Waals surface area contributed by atoms with Crippen LogP contribution in [0.2, 0.25) is 0 Å². The minimum atomic E-state index is -0.972. The van der Waals surface area contributed by atoms with Crippen LogP contribution in [-0.2, 0) is 20.9 Å². The van der Waals surface area contributed by atoms with Gasteiger partial charge in [-0.25, -0.2) is 0 Å². The van der Waals surface area contributed by atoms with Crippen molar-refractivity contribution in [2.45, 2.75) is 54.8 Å². The largest absolute Gasteiger partial charge is 0.481 e. The van der Waals surface area contributed by atoms with E-state index in [0.29, 0.717) is 32.4 Å². The Morgan fingerprint density at radius 1 is 1.38 bits per heavy atom. The van der Waals surface area contributed by atoms with Crippen LogP contribution in [0.25, 0.3) is 0 Å². The number of hydrogen-bond donors (Lipinski definition) is 2. The molecule has 0 aromatic heterocycles. The van der Waals surface area contributed by atoms with E-state index in [9.17, 15) is 24.6 Å². The molecule has 4 rings (SSSR count). The number of nitrogens with zero attached hydrogens (tertiary/aromatic N) is 2. The number of carboxylic acids is 1. The molecule has 32 heavy (non-hydrogen) atoms. The summed E-state index contributed by atoms with van der Waals surface area (Å²) in [6.45, 7) is 6.10. The first-order valence-corrected chi connectivity index (χ1v) is 12.0. The van der Waals surface area contributed by atoms with Gasteiger partial charge in [0, 0.05) is 18.3 Å². The van der Waals surface area contributed by atoms with Crippen molar-refractivity contribution in [3.05, 3.63) is 48.6 Å². The quantitative estimate of drug-likeness (QED) is 0.551. The number of fused-ring (bicyclic) bond motifs is 1. The van der Waals surface area contributed by atoms with Crippen LogP contribution in [0.4, 0.5) is 0 Å². The van der Waals surface area contributed by atoms with Crippen LogP contribution in [0.1, 0.15) is 31.7 Å². The van der Waals surface area contributed by atoms with Crippen LogP contribution in [0.15, 0.2) is 43.0 Å². The monoisotopic (exact) mass is 458 g/mol. The summed E-state index contributed by atoms with van der Waals surface area (Å²) in [5, 5.41) is 19.8. The molecule has 0 aliphatic carbocycles. The van der Waals surface area contributed by atoms with Crippen molar-refractivity contribution >= 4 is 29.5 Å². The number of likely N-dealkylation sites (tertiary alicyclic amines) is 1. The maximum Gasteiger partial charge on any atom is 0.308 e. The molecule has 0 saturated carbocycles. The zero-order chi connectivity index (χ0) is 23.0. The van der Waals surface area contributed by atoms with Gasteiger partial charge in [0.1, 0.15) is 6.04 Å². The van der Waals surface area contributed by atoms with Gasteiger partial charge in [0.2, 0.25) is 11.8 Å². The van der Waals surface area contributed by atoms with E-state index in [1.54, 1.807) is 11.0 Å². The number of carbonyl (C=O) groups excluding carboxylic acids is 2. The third-order valence-electron chi connectivity index (χ3n) is 7.21. The van der Waals surface area contributed by atoms with Gasteiger partial charge in [0.25, 0.3) is 0 Å². The van der Waals surface area contributed by atoms with Gasteiger partial charge in [-0.2, -0.15) is 0 Å². The normalized spacial score (nSPS) is 31.4. The molecule has 3 aliphatic heterocycles. The van der Waals surface area contributed by atoms with E-state index in [1.165, 1.54) is 16.7 Å². The number of carbonyl (C=O) groups is 3. The van der Waals surface area contributed by atoms with Crippen LogP contribution < -0.4 is 0 Å². The number of amides is 2. The molecule has 2 bridgehead atoms. The first-order valence-electron chi connectivity index (χ1n) is 11.2. The molecule has 2 unspecified atom stereocenters. The summed E-state index contributed by atoms with van der Waals surface area (Å²) in [5.41, 5.74) is 0.966. The highest BCUT2D eigenvalue weighted by Gasteiger charge is 2.74. The third-order valence-corrected chi connectivity index (χ3v) is 9.16. The average Bonchev–Trinajstić information content (AvgIpc) is 3.43. The Bertz CT molecular complexity index is 905. The number of hydrogen-bond acceptors (Lipinski definition) is 5. The number of aliphatic hydroxyl groups excluding tert-OH is 1. The van der Waals surface area contributed by atoms with Crippen molar-refractivity contribution in [3.8, 4) is 0 Å². The highest BCUT2D eigenvalue weighted by molar-refractivity contribution is 8.02. The molecule has 3 fully saturated rings. The van der Waals surface area contributed by atoms with E-state index < -0.39 is 34.6 Å². The minimum Gasteiger partial charge on any atom is -0.481 e. The van der Waals surface area contributed by atoms with E-state index in [-0.39, 0.29) is 23.7 Å². The highest BCUT2D eigenvalue weighted by atomic mass is 32.2. The molecular weight excluding hydrogens is 428 g/mol. The van der Waals surface area contributed by atoms with E-state index in [2.05, 4.69) is 6.58 Å². The number of carboxylic acid groups (broad SMARTS) is 1. The summed E-state index contributed by atoms with van der Waals surface area (Å²) in [6, 6.07) is 8.32. The molecule has 8 heteroatoms. The van der Waals surface area contributed by atoms with Crippen LogP contribution >= 0.6 is 11.8 Å². The Hall–Kier alpha value is -2.32. The van der Waals surface area contributed by atoms with Gasteiger partial charge in [-0.15, -0.1) is 18.3 Å². The number of aliphatic hydroxyl groups is 1. The Balaban J connectivity index is 1.76. The fraction of sp³-hybridized carbons (Fsp3) is 0.542. The number of benzene rings is 1. The predicted octanol–water partition coefficient (Wildman–Crippen LogP) is 2.15. The maximum atomic E-state index is 14.1. The highest BCUT2D eigenvalue weighted by Crippen LogP contribution is 2.66. The van der Waals surface area contributed by atoms with Crippen molar-refractivity contribution in [2.75, 3.05) is 13.2 Å². The van der Waals surface area contributed by atoms with Crippen molar-refractivity contribution in [1.82, 2.24) is 9.80 Å². The van der Waals surface area contributed by atoms with Gasteiger partial charge in [0.05, 0.1) is 29.2 Å². The Kier molecular flexibility index (Phi) is 6.36. The second-order valence-corrected chi connectivity index (χ2v) is 10.5. The average molecular weight is 459 g/mol. The molecule has 3 heterocycles. The van der Waals surface area contributed by atoms with Crippen molar-refractivity contribution in [2.24, 2.45) is 11.8 Å². The van der Waals surface area contributed by atoms with Crippen LogP contribution in [0, 0.1) is 11.8 Å². The summed E-state index contributed by atoms with van der Waals surface area (Å²) in [6.07, 6.45) is 3.46. The molecule has 2 N–H and O–H groups in total. The first kappa shape index (κ1) is 22.9. The van der Waals surface area contributed by atoms with Crippen molar-refractivity contribution in [1.29, 1.82) is 0 Å². The van der Waals surface area contributed by atoms with E-state index in [4.69, 9.17) is 0 Å². The van der Waals surface area contributed by atoms with E-state index in [1.807, 2.05) is 37.3 Å². The summed E-state index contributed by atoms with van der Waals surface area (Å²) in [5.74, 6) is -3.00. The zero-order valence-corrected chi connectivity index (χ0v) is 19.0. The standard InChI is InChI=1S/C24H30N2O5S/c1-3-12-25(13-15-8-6-5-7-9-15)22(29)20-24-11-10-17(32-24)18(23(30)31)19(24)21(28)26(20)16(4-2)14-27/h3,5-9,16-20,27H,1,4,10-14H2,2H3,(H,30,31)/t16-,17+,18-,19-,20?,24?/m0/s1. The zero-order valence-electron chi connectivity index (χ0n) is 18.2. The van der Waals surface area contributed by atoms with Gasteiger partial charge < -0.3 is 20.0 Å². The Morgan fingerprint density at radius 3 is 2.69 bits per heavy atom. The first-order chi connectivity index (χ1) is 15.4. The lowest BCUT2D eigenvalue weighted by Crippen LogP contribution is -2.57. The molecule has 2 amide bonds. The van der Waals surface area contributed by atoms with Gasteiger partial charge in [-0.1, -0.05) is 43.3 Å². The molecule has 6 atom stereocenters. The second-order valence-electron chi connectivity index (χ2n) is 8.88. The summed E-state index contributed by atoms with van der Waals surface area (Å²) >= 11 is 1.51. The molecule has 0 radical (unpaired) electrons. The molecular formula is C24H30N2O5S. The fourth-order valence-electron chi connectivity index (χ4n) is 5.82. The number of thioether (sulfide) groups is 1. The Labute approximate surface area is 192 Å². The molecule has 172 valence electrons. The van der Waals surface area contributed by atoms with Gasteiger partial charge in [0.15, 0.2) is 0 Å². The smallest absolute Gasteiger partial charge is 0.308 e. The van der Waals surface area contributed by atoms with Gasteiger partial charge in [-0.3, -0.25) is 14.4 Å². The Morgan fingerprint density at radius 2 is 2.09 bits per heavy atom. The summed E-state index contributed by atoms with van der Waals surface area (Å²) in [4.78, 5) is 43.0. The van der Waals surface area contributed by atoms with Gasteiger partial charge >= 0.3 is 5.97 Å². The summed E-state index contributed by atoms with van der Waals surface area (Å²) < 4.78 is -0.763. The van der Waals surface area contributed by atoms with E-state index >= 15 is 0 Å². The van der Waals surface area contributed by atoms with Crippen LogP contribution in [0.3, 0.4) is 0 Å². The van der Waals surface area contributed by atoms with Gasteiger partial charge in [-0.05, 0) is 24.8 Å². The molecule has 1 aromatic carbocycles. The van der Waals surface area contributed by atoms with Crippen molar-refractivity contribution in [3.63, 3.8) is 0 Å². The minimum absolute atomic E-state index is 0.157. The lowest BCUT2D eigenvalue weighted by molar-refractivity contribution is -0.150. The topological polar surface area (TPSA) is 98.2 Å². The second kappa shape index (κ2) is 8.90. The van der Waals surface area contributed by atoms with Crippen LogP contribution in [0.5, 0.6) is 0 Å². The summed E-state index contributed by atoms with van der Waals surface area (Å²) in [7, 11) is 0. The maximum absolute atomic E-state index is 14.1. The third kappa shape index (κ3) is 3.44. The fourth-order valence-corrected chi connectivity index (χ4v) is 8.02. The van der Waals surface area contributed by atoms with E-state index in [0.717, 1.165) is 5.56 Å². The number of rotatable bonds is 9. The predicted molar refractivity (Wildman–Crippen MR) is 122 cm³/mol. The molecule has 1 spiro atoms. The molecule has 1 aromatic rings. The molecule has 3 saturated heterocycles. The number of aliphatic carboxylic acids is 1. The van der Waals surface area contributed by atoms with Crippen LogP contribution in [-0.4, -0.2) is 73.0 Å². The lowest BCUT2D eigenvalue weighted by Gasteiger charge is -2.39. The SMILES string of the molecule is C=CCN(Cc1ccccc1)C(=O)C1N([C@@H](CC)CO)C(=O)[C@@H]2[C@@H](C(=O)O)[C@H]3CCC12S3. The van der Waals surface area contributed by atoms with Crippen molar-refractivity contribution < 1.29 is 24.6 Å².